The van der Waals surface area contributed by atoms with Crippen molar-refractivity contribution in [1.29, 1.82) is 0 Å². The van der Waals surface area contributed by atoms with Crippen molar-refractivity contribution in [2.75, 3.05) is 45.9 Å². The summed E-state index contributed by atoms with van der Waals surface area (Å²) in [5, 5.41) is 3.59. The Labute approximate surface area is 212 Å². The molecule has 8 heteroatoms. The van der Waals surface area contributed by atoms with E-state index in [1.165, 1.54) is 11.1 Å². The molecular weight excluding hydrogens is 462 g/mol. The zero-order valence-corrected chi connectivity index (χ0v) is 20.8. The quantitative estimate of drug-likeness (QED) is 0.436. The molecule has 1 atom stereocenters. The average molecular weight is 494 g/mol. The minimum Gasteiger partial charge on any atom is -0.370 e. The van der Waals surface area contributed by atoms with E-state index in [4.69, 9.17) is 16.3 Å². The van der Waals surface area contributed by atoms with Crippen LogP contribution < -0.4 is 5.32 Å². The molecule has 1 aliphatic rings. The summed E-state index contributed by atoms with van der Waals surface area (Å²) < 4.78 is 5.62. The van der Waals surface area contributed by atoms with Crippen LogP contribution in [-0.4, -0.2) is 71.6 Å². The third kappa shape index (κ3) is 7.57. The van der Waals surface area contributed by atoms with E-state index < -0.39 is 0 Å². The molecule has 0 spiro atoms. The van der Waals surface area contributed by atoms with Gasteiger partial charge in [0.25, 0.3) is 0 Å². The number of aryl methyl sites for hydroxylation is 1. The minimum absolute atomic E-state index is 0.0523. The van der Waals surface area contributed by atoms with Gasteiger partial charge in [-0.25, -0.2) is 9.97 Å². The van der Waals surface area contributed by atoms with Crippen LogP contribution in [0.1, 0.15) is 28.7 Å². The van der Waals surface area contributed by atoms with E-state index >= 15 is 0 Å². The Kier molecular flexibility index (Phi) is 9.20. The maximum atomic E-state index is 12.1. The summed E-state index contributed by atoms with van der Waals surface area (Å²) >= 11 is 6.14. The minimum atomic E-state index is -0.139. The maximum absolute atomic E-state index is 12.1. The van der Waals surface area contributed by atoms with Crippen LogP contribution in [0.25, 0.3) is 0 Å². The monoisotopic (exact) mass is 493 g/mol. The zero-order chi connectivity index (χ0) is 24.5. The average Bonchev–Trinajstić information content (AvgIpc) is 2.88. The number of nitrogens with one attached hydrogen (secondary N) is 1. The number of carbonyl (C=O) groups is 1. The van der Waals surface area contributed by atoms with Gasteiger partial charge in [0.15, 0.2) is 0 Å². The zero-order valence-electron chi connectivity index (χ0n) is 20.1. The first-order chi connectivity index (χ1) is 17.1. The summed E-state index contributed by atoms with van der Waals surface area (Å²) in [5.41, 5.74) is 3.33. The van der Waals surface area contributed by atoms with Crippen molar-refractivity contribution in [3.8, 4) is 0 Å². The number of piperazine rings is 1. The molecule has 1 fully saturated rings. The van der Waals surface area contributed by atoms with Crippen LogP contribution in [0.5, 0.6) is 0 Å². The van der Waals surface area contributed by atoms with Crippen LogP contribution in [-0.2, 0) is 16.1 Å². The van der Waals surface area contributed by atoms with Gasteiger partial charge in [0.2, 0.25) is 5.91 Å². The smallest absolute Gasteiger partial charge is 0.246 e. The molecule has 1 aromatic heterocycles. The molecular formula is C27H32ClN5O2. The lowest BCUT2D eigenvalue weighted by Gasteiger charge is -2.39. The van der Waals surface area contributed by atoms with Crippen molar-refractivity contribution in [2.24, 2.45) is 0 Å². The molecule has 1 amide bonds. The van der Waals surface area contributed by atoms with Gasteiger partial charge in [-0.2, -0.15) is 0 Å². The Hall–Kier alpha value is -2.84. The number of ether oxygens (including phenoxy) is 1. The van der Waals surface area contributed by atoms with Crippen LogP contribution in [0.2, 0.25) is 5.02 Å². The molecule has 7 nitrogen and oxygen atoms in total. The Morgan fingerprint density at radius 1 is 1.03 bits per heavy atom. The maximum Gasteiger partial charge on any atom is 0.246 e. The highest BCUT2D eigenvalue weighted by Crippen LogP contribution is 2.30. The van der Waals surface area contributed by atoms with Crippen molar-refractivity contribution in [2.45, 2.75) is 19.5 Å². The summed E-state index contributed by atoms with van der Waals surface area (Å²) in [4.78, 5) is 25.3. The molecule has 0 bridgehead atoms. The fraction of sp³-hybridized carbons (Fsp3) is 0.370. The fourth-order valence-electron chi connectivity index (χ4n) is 4.34. The predicted octanol–water partition coefficient (Wildman–Crippen LogP) is 3.48. The van der Waals surface area contributed by atoms with Crippen LogP contribution in [0, 0.1) is 6.92 Å². The van der Waals surface area contributed by atoms with Crippen molar-refractivity contribution in [3.63, 3.8) is 0 Å². The number of hydrogen-bond acceptors (Lipinski definition) is 6. The number of nitrogens with zero attached hydrogens (tertiary/aromatic N) is 4. The molecule has 3 aromatic rings. The predicted molar refractivity (Wildman–Crippen MR) is 137 cm³/mol. The van der Waals surface area contributed by atoms with Gasteiger partial charge in [0.05, 0.1) is 24.9 Å². The number of hydrogen-bond donors (Lipinski definition) is 1. The van der Waals surface area contributed by atoms with Gasteiger partial charge in [-0.15, -0.1) is 0 Å². The van der Waals surface area contributed by atoms with Crippen molar-refractivity contribution < 1.29 is 9.53 Å². The topological polar surface area (TPSA) is 70.6 Å². The van der Waals surface area contributed by atoms with E-state index in [-0.39, 0.29) is 18.6 Å². The lowest BCUT2D eigenvalue weighted by atomic mass is 9.96. The molecule has 2 heterocycles. The molecule has 1 aliphatic heterocycles. The number of halogens is 1. The summed E-state index contributed by atoms with van der Waals surface area (Å²) in [6.45, 7) is 7.43. The molecule has 184 valence electrons. The third-order valence-electron chi connectivity index (χ3n) is 6.16. The molecule has 1 N–H and O–H groups in total. The largest absolute Gasteiger partial charge is 0.370 e. The van der Waals surface area contributed by atoms with Gasteiger partial charge in [0, 0.05) is 43.9 Å². The number of aromatic nitrogens is 2. The number of benzene rings is 2. The first-order valence-electron chi connectivity index (χ1n) is 12.0. The second-order valence-electron chi connectivity index (χ2n) is 8.67. The highest BCUT2D eigenvalue weighted by atomic mass is 35.5. The first-order valence-corrected chi connectivity index (χ1v) is 12.4. The van der Waals surface area contributed by atoms with Gasteiger partial charge in [-0.05, 0) is 36.2 Å². The van der Waals surface area contributed by atoms with Gasteiger partial charge in [0.1, 0.15) is 12.4 Å². The molecule has 0 radical (unpaired) electrons. The Bertz CT molecular complexity index is 1070. The third-order valence-corrected chi connectivity index (χ3v) is 6.41. The SMILES string of the molecule is Cc1nccc(CNC(=O)COCCN2CCN(C(c3ccccc3)c3ccc(Cl)cc3)CC2)n1. The molecule has 4 rings (SSSR count). The standard InChI is InChI=1S/C27H32ClN5O2/c1-21-29-12-11-25(31-21)19-30-26(34)20-35-18-17-32-13-15-33(16-14-32)27(22-5-3-2-4-6-22)23-7-9-24(28)10-8-23/h2-12,27H,13-20H2,1H3,(H,30,34). The van der Waals surface area contributed by atoms with E-state index in [1.54, 1.807) is 12.3 Å². The Morgan fingerprint density at radius 2 is 1.74 bits per heavy atom. The summed E-state index contributed by atoms with van der Waals surface area (Å²) in [7, 11) is 0. The number of amides is 1. The molecule has 2 aromatic carbocycles. The highest BCUT2D eigenvalue weighted by molar-refractivity contribution is 6.30. The van der Waals surface area contributed by atoms with Crippen LogP contribution in [0.3, 0.4) is 0 Å². The van der Waals surface area contributed by atoms with Crippen LogP contribution in [0.4, 0.5) is 0 Å². The highest BCUT2D eigenvalue weighted by Gasteiger charge is 2.26. The fourth-order valence-corrected chi connectivity index (χ4v) is 4.47. The van der Waals surface area contributed by atoms with Crippen molar-refractivity contribution in [3.05, 3.63) is 94.5 Å². The second-order valence-corrected chi connectivity index (χ2v) is 9.10. The molecule has 0 saturated carbocycles. The van der Waals surface area contributed by atoms with Crippen LogP contribution >= 0.6 is 11.6 Å². The number of carbonyl (C=O) groups excluding carboxylic acids is 1. The Morgan fingerprint density at radius 3 is 2.46 bits per heavy atom. The summed E-state index contributed by atoms with van der Waals surface area (Å²) in [5.74, 6) is 0.552. The van der Waals surface area contributed by atoms with E-state index in [0.717, 1.165) is 43.4 Å². The van der Waals surface area contributed by atoms with Crippen LogP contribution in [0.15, 0.2) is 66.9 Å². The lowest BCUT2D eigenvalue weighted by molar-refractivity contribution is -0.126. The number of rotatable bonds is 10. The van der Waals surface area contributed by atoms with Gasteiger partial charge < -0.3 is 10.1 Å². The molecule has 35 heavy (non-hydrogen) atoms. The first kappa shape index (κ1) is 25.3. The summed E-state index contributed by atoms with van der Waals surface area (Å²) in [6, 6.07) is 20.8. The van der Waals surface area contributed by atoms with Gasteiger partial charge >= 0.3 is 0 Å². The molecule has 0 aliphatic carbocycles. The van der Waals surface area contributed by atoms with E-state index in [1.807, 2.05) is 19.1 Å². The van der Waals surface area contributed by atoms with Gasteiger partial charge in [-0.3, -0.25) is 14.6 Å². The van der Waals surface area contributed by atoms with Crippen molar-refractivity contribution >= 4 is 17.5 Å². The summed E-state index contributed by atoms with van der Waals surface area (Å²) in [6.07, 6.45) is 1.69. The molecule has 1 unspecified atom stereocenters. The van der Waals surface area contributed by atoms with E-state index in [0.29, 0.717) is 19.0 Å². The second kappa shape index (κ2) is 12.7. The van der Waals surface area contributed by atoms with Crippen molar-refractivity contribution in [1.82, 2.24) is 25.1 Å². The van der Waals surface area contributed by atoms with E-state index in [2.05, 4.69) is 67.5 Å². The molecule has 1 saturated heterocycles. The van der Waals surface area contributed by atoms with Gasteiger partial charge in [-0.1, -0.05) is 54.1 Å². The Balaban J connectivity index is 1.20. The van der Waals surface area contributed by atoms with E-state index in [9.17, 15) is 4.79 Å². The normalized spacial score (nSPS) is 15.6. The lowest BCUT2D eigenvalue weighted by Crippen LogP contribution is -2.48.